The molecular weight excluding hydrogens is 1090 g/mol. The van der Waals surface area contributed by atoms with E-state index in [-0.39, 0.29) is 41.4 Å². The van der Waals surface area contributed by atoms with Gasteiger partial charge in [-0.25, -0.2) is 19.2 Å². The lowest BCUT2D eigenvalue weighted by atomic mass is 10.1. The van der Waals surface area contributed by atoms with Crippen LogP contribution in [-0.4, -0.2) is 185 Å². The Morgan fingerprint density at radius 1 is 0.277 bits per heavy atom. The molecule has 13 N–H and O–H groups in total. The molecule has 0 radical (unpaired) electrons. The molecule has 12 atom stereocenters. The molecule has 0 aromatic carbocycles. The minimum atomic E-state index is -0.879. The zero-order valence-corrected chi connectivity index (χ0v) is 52.6. The number of esters is 5. The standard InChI is InChI=1S/C15H27N3O5.C14H26N4O5.C12H22N2O4.C8H15NO3.C4H9NO2/c1-7-11(18-12(19)8(2)3)14(21)16-9(4)13(20)17-10(5)15(22)23-6;1-6-10(18-11(19)7(2)15)13(21)16-8(3)12(20)17-9(4)14(22)23-5;1-6-7(2)10(15)13-8(3)11(16)14-9(4)12(17)18-5;1-5(2)7(10)9-6(3)8(11)12-4;1-3(5)4(6)7-2/h8-11H,7H2,1-6H3,(H,16,21)(H,17,20)(H,18,19);7-10H,6,15H2,1-5H3,(H,16,21)(H,17,20)(H,18,19);7-9H,6H2,1-5H3,(H,13,15)(H,14,16);5-6H,1-4H3,(H,9,10);3H,5H2,1-2H3. The van der Waals surface area contributed by atoms with Crippen molar-refractivity contribution in [2.45, 2.75) is 203 Å². The van der Waals surface area contributed by atoms with Crippen LogP contribution in [0.25, 0.3) is 0 Å². The number of nitrogens with two attached hydrogens (primary N) is 2. The molecule has 0 aliphatic carbocycles. The Balaban J connectivity index is -0.000000319. The number of amides is 9. The molecule has 0 saturated carbocycles. The number of carbonyl (C=O) groups excluding carboxylic acids is 14. The molecule has 0 fully saturated rings. The maximum atomic E-state index is 12.1. The van der Waals surface area contributed by atoms with E-state index in [1.54, 1.807) is 69.2 Å². The fraction of sp³-hybridized carbons (Fsp3) is 0.736. The minimum absolute atomic E-state index is 0.114. The first-order chi connectivity index (χ1) is 38.3. The van der Waals surface area contributed by atoms with Crippen molar-refractivity contribution >= 4 is 83.0 Å². The molecule has 0 aliphatic rings. The first-order valence-corrected chi connectivity index (χ1v) is 26.9. The summed E-state index contributed by atoms with van der Waals surface area (Å²) in [5.41, 5.74) is 10.5. The Kier molecular flexibility index (Phi) is 46.8. The topological polar surface area (TPSA) is 445 Å². The molecule has 480 valence electrons. The molecule has 0 aliphatic heterocycles. The van der Waals surface area contributed by atoms with E-state index in [9.17, 15) is 67.1 Å². The summed E-state index contributed by atoms with van der Waals surface area (Å²) in [7, 11) is 6.29. The molecule has 83 heavy (non-hydrogen) atoms. The third-order valence-corrected chi connectivity index (χ3v) is 11.1. The Hall–Kier alpha value is -7.50. The van der Waals surface area contributed by atoms with Crippen LogP contribution in [0.2, 0.25) is 0 Å². The highest BCUT2D eigenvalue weighted by Crippen LogP contribution is 2.02. The zero-order chi connectivity index (χ0) is 66.2. The quantitative estimate of drug-likeness (QED) is 0.0335. The number of nitrogens with one attached hydrogen (secondary N) is 9. The van der Waals surface area contributed by atoms with Gasteiger partial charge >= 0.3 is 29.8 Å². The molecule has 0 bridgehead atoms. The highest BCUT2D eigenvalue weighted by atomic mass is 16.5. The molecule has 9 amide bonds. The molecule has 0 rings (SSSR count). The van der Waals surface area contributed by atoms with Gasteiger partial charge in [-0.15, -0.1) is 0 Å². The normalized spacial score (nSPS) is 14.5. The number of methoxy groups -OCH3 is 5. The Morgan fingerprint density at radius 2 is 0.506 bits per heavy atom. The number of ether oxygens (including phenoxy) is 5. The van der Waals surface area contributed by atoms with E-state index in [0.717, 1.165) is 0 Å². The molecule has 30 nitrogen and oxygen atoms in total. The lowest BCUT2D eigenvalue weighted by Gasteiger charge is -2.21. The van der Waals surface area contributed by atoms with Gasteiger partial charge in [0.2, 0.25) is 53.2 Å². The van der Waals surface area contributed by atoms with Gasteiger partial charge in [-0.1, -0.05) is 55.4 Å². The summed E-state index contributed by atoms with van der Waals surface area (Å²) in [6.45, 7) is 27.8. The maximum Gasteiger partial charge on any atom is 0.328 e. The van der Waals surface area contributed by atoms with E-state index >= 15 is 0 Å². The summed E-state index contributed by atoms with van der Waals surface area (Å²) >= 11 is 0. The molecule has 0 aromatic heterocycles. The van der Waals surface area contributed by atoms with Crippen molar-refractivity contribution in [3.63, 3.8) is 0 Å². The monoisotopic (exact) mass is 1190 g/mol. The minimum Gasteiger partial charge on any atom is -0.468 e. The van der Waals surface area contributed by atoms with E-state index in [1.807, 2.05) is 6.92 Å². The molecule has 0 spiro atoms. The van der Waals surface area contributed by atoms with E-state index in [2.05, 4.69) is 71.5 Å². The van der Waals surface area contributed by atoms with Crippen molar-refractivity contribution in [2.24, 2.45) is 29.2 Å². The van der Waals surface area contributed by atoms with Gasteiger partial charge in [0, 0.05) is 17.8 Å². The maximum absolute atomic E-state index is 12.1. The van der Waals surface area contributed by atoms with Crippen LogP contribution in [-0.2, 0) is 90.8 Å². The van der Waals surface area contributed by atoms with Crippen molar-refractivity contribution < 1.29 is 90.8 Å². The van der Waals surface area contributed by atoms with Crippen molar-refractivity contribution in [3.05, 3.63) is 0 Å². The average molecular weight is 1190 g/mol. The van der Waals surface area contributed by atoms with Crippen LogP contribution < -0.4 is 59.3 Å². The highest BCUT2D eigenvalue weighted by molar-refractivity contribution is 5.95. The summed E-state index contributed by atoms with van der Waals surface area (Å²) in [5, 5.41) is 22.5. The molecule has 0 aromatic rings. The predicted molar refractivity (Wildman–Crippen MR) is 304 cm³/mol. The second-order valence-electron chi connectivity index (χ2n) is 19.4. The van der Waals surface area contributed by atoms with Crippen LogP contribution in [0, 0.1) is 17.8 Å². The van der Waals surface area contributed by atoms with Crippen LogP contribution in [0.5, 0.6) is 0 Å². The van der Waals surface area contributed by atoms with Gasteiger partial charge in [0.1, 0.15) is 60.4 Å². The van der Waals surface area contributed by atoms with E-state index in [4.69, 9.17) is 11.5 Å². The Morgan fingerprint density at radius 3 is 0.711 bits per heavy atom. The van der Waals surface area contributed by atoms with Gasteiger partial charge in [-0.2, -0.15) is 0 Å². The summed E-state index contributed by atoms with van der Waals surface area (Å²) in [5.74, 6) is -6.41. The van der Waals surface area contributed by atoms with Crippen LogP contribution in [0.15, 0.2) is 0 Å². The summed E-state index contributed by atoms with van der Waals surface area (Å²) in [6, 6.07) is -8.08. The number of carbonyl (C=O) groups is 14. The largest absolute Gasteiger partial charge is 0.468 e. The molecule has 12 unspecified atom stereocenters. The summed E-state index contributed by atoms with van der Waals surface area (Å²) < 4.78 is 22.2. The van der Waals surface area contributed by atoms with Crippen molar-refractivity contribution in [2.75, 3.05) is 35.5 Å². The molecule has 0 saturated heterocycles. The third kappa shape index (κ3) is 38.8. The lowest BCUT2D eigenvalue weighted by Crippen LogP contribution is -2.55. The Labute approximate surface area is 488 Å². The van der Waals surface area contributed by atoms with Gasteiger partial charge < -0.3 is 83.0 Å². The zero-order valence-electron chi connectivity index (χ0n) is 52.6. The van der Waals surface area contributed by atoms with Gasteiger partial charge in [0.05, 0.1) is 41.6 Å². The first kappa shape index (κ1) is 84.3. The molecule has 0 heterocycles. The second kappa shape index (κ2) is 46.0. The van der Waals surface area contributed by atoms with Crippen molar-refractivity contribution in [1.82, 2.24) is 47.9 Å². The summed E-state index contributed by atoms with van der Waals surface area (Å²) in [6.07, 6.45) is 1.45. The van der Waals surface area contributed by atoms with Gasteiger partial charge in [0.25, 0.3) is 0 Å². The van der Waals surface area contributed by atoms with E-state index in [1.165, 1.54) is 77.1 Å². The van der Waals surface area contributed by atoms with Crippen LogP contribution in [0.4, 0.5) is 0 Å². The first-order valence-electron chi connectivity index (χ1n) is 26.9. The second-order valence-corrected chi connectivity index (χ2v) is 19.4. The molecule has 30 heteroatoms. The smallest absolute Gasteiger partial charge is 0.328 e. The lowest BCUT2D eigenvalue weighted by molar-refractivity contribution is -0.145. The number of rotatable bonds is 26. The SMILES string of the molecule is CCC(C)C(=O)NC(C)C(=O)NC(C)C(=O)OC.CCC(NC(=O)C(C)C)C(=O)NC(C)C(=O)NC(C)C(=O)OC.CCC(NC(=O)C(C)N)C(=O)NC(C)C(=O)NC(C)C(=O)OC.COC(=O)C(C)N.COC(=O)C(C)NC(=O)C(C)C. The van der Waals surface area contributed by atoms with Crippen LogP contribution >= 0.6 is 0 Å². The average Bonchev–Trinajstić information content (AvgIpc) is 3.43. The van der Waals surface area contributed by atoms with Crippen LogP contribution in [0.3, 0.4) is 0 Å². The van der Waals surface area contributed by atoms with Gasteiger partial charge in [0.15, 0.2) is 0 Å². The summed E-state index contributed by atoms with van der Waals surface area (Å²) in [4.78, 5) is 160. The fourth-order valence-electron chi connectivity index (χ4n) is 5.24. The van der Waals surface area contributed by atoms with Crippen molar-refractivity contribution in [1.29, 1.82) is 0 Å². The van der Waals surface area contributed by atoms with E-state index < -0.39 is 126 Å². The third-order valence-electron chi connectivity index (χ3n) is 11.1. The van der Waals surface area contributed by atoms with Gasteiger partial charge in [-0.05, 0) is 81.6 Å². The number of hydrogen-bond donors (Lipinski definition) is 11. The highest BCUT2D eigenvalue weighted by Gasteiger charge is 2.28. The molecular formula is C53H99N11O19. The van der Waals surface area contributed by atoms with E-state index in [0.29, 0.717) is 19.3 Å². The fourth-order valence-corrected chi connectivity index (χ4v) is 5.24. The van der Waals surface area contributed by atoms with Gasteiger partial charge in [-0.3, -0.25) is 47.9 Å². The van der Waals surface area contributed by atoms with Crippen LogP contribution in [0.1, 0.15) is 137 Å². The Bertz CT molecular complexity index is 2010. The predicted octanol–water partition coefficient (Wildman–Crippen LogP) is -1.83. The van der Waals surface area contributed by atoms with Crippen molar-refractivity contribution in [3.8, 4) is 0 Å². The number of hydrogen-bond acceptors (Lipinski definition) is 21.